The van der Waals surface area contributed by atoms with Gasteiger partial charge in [-0.15, -0.1) is 0 Å². The molecule has 0 aliphatic heterocycles. The summed E-state index contributed by atoms with van der Waals surface area (Å²) in [5.74, 6) is 1.07. The van der Waals surface area contributed by atoms with Crippen LogP contribution in [0, 0.1) is 5.92 Å². The quantitative estimate of drug-likeness (QED) is 0.159. The van der Waals surface area contributed by atoms with Crippen molar-refractivity contribution in [1.82, 2.24) is 0 Å². The van der Waals surface area contributed by atoms with E-state index >= 15 is 0 Å². The van der Waals surface area contributed by atoms with E-state index in [-0.39, 0.29) is 0 Å². The number of allylic oxidation sites excluding steroid dienone is 1. The van der Waals surface area contributed by atoms with E-state index in [2.05, 4.69) is 206 Å². The van der Waals surface area contributed by atoms with Gasteiger partial charge in [-0.05, 0) is 116 Å². The van der Waals surface area contributed by atoms with Crippen LogP contribution >= 0.6 is 0 Å². The van der Waals surface area contributed by atoms with Crippen molar-refractivity contribution >= 4 is 66.6 Å². The summed E-state index contributed by atoms with van der Waals surface area (Å²) in [5.41, 5.74) is 16.7. The van der Waals surface area contributed by atoms with Crippen LogP contribution < -0.4 is 4.90 Å². The van der Waals surface area contributed by atoms with Gasteiger partial charge in [0.15, 0.2) is 0 Å². The third kappa shape index (κ3) is 6.39. The molecule has 0 amide bonds. The average molecular weight is 812 g/mol. The van der Waals surface area contributed by atoms with E-state index in [0.717, 1.165) is 56.5 Å². The monoisotopic (exact) mass is 811 g/mol. The first-order valence-corrected chi connectivity index (χ1v) is 22.9. The zero-order chi connectivity index (χ0) is 41.9. The minimum Gasteiger partial charge on any atom is -0.456 e. The first kappa shape index (κ1) is 37.6. The Labute approximate surface area is 369 Å². The van der Waals surface area contributed by atoms with Crippen LogP contribution in [0.15, 0.2) is 192 Å². The molecule has 0 N–H and O–H groups in total. The van der Waals surface area contributed by atoms with Crippen LogP contribution in [0.1, 0.15) is 61.6 Å². The lowest BCUT2D eigenvalue weighted by Crippen LogP contribution is -2.14. The molecule has 1 fully saturated rings. The summed E-state index contributed by atoms with van der Waals surface area (Å²) in [6.45, 7) is 2.32. The molecule has 1 aromatic heterocycles. The minimum atomic E-state index is 0.507. The van der Waals surface area contributed by atoms with Gasteiger partial charge in [0.05, 0.1) is 17.1 Å². The second kappa shape index (κ2) is 15.6. The molecule has 1 atom stereocenters. The van der Waals surface area contributed by atoms with Crippen molar-refractivity contribution in [1.29, 1.82) is 0 Å². The van der Waals surface area contributed by atoms with E-state index in [1.807, 2.05) is 0 Å². The normalized spacial score (nSPS) is 15.3. The predicted molar refractivity (Wildman–Crippen MR) is 267 cm³/mol. The number of anilines is 3. The molecule has 10 aromatic rings. The highest BCUT2D eigenvalue weighted by atomic mass is 16.3. The Balaban J connectivity index is 1.15. The molecule has 63 heavy (non-hydrogen) atoms. The van der Waals surface area contributed by atoms with Crippen LogP contribution in [-0.4, -0.2) is 0 Å². The topological polar surface area (TPSA) is 16.4 Å². The van der Waals surface area contributed by atoms with Gasteiger partial charge in [-0.2, -0.15) is 0 Å². The third-order valence-corrected chi connectivity index (χ3v) is 14.0. The molecule has 0 bridgehead atoms. The summed E-state index contributed by atoms with van der Waals surface area (Å²) in [7, 11) is 0. The number of para-hydroxylation sites is 4. The van der Waals surface area contributed by atoms with Crippen LogP contribution in [0.2, 0.25) is 0 Å². The summed E-state index contributed by atoms with van der Waals surface area (Å²) in [6.07, 6.45) is 12.1. The number of benzene rings is 9. The van der Waals surface area contributed by atoms with Crippen LogP contribution in [0.25, 0.3) is 82.9 Å². The first-order valence-electron chi connectivity index (χ1n) is 22.9. The highest BCUT2D eigenvalue weighted by Crippen LogP contribution is 2.51. The maximum atomic E-state index is 6.51. The summed E-state index contributed by atoms with van der Waals surface area (Å²) in [6, 6.07) is 67.6. The maximum absolute atomic E-state index is 6.51. The molecule has 0 spiro atoms. The van der Waals surface area contributed by atoms with Gasteiger partial charge in [-0.3, -0.25) is 0 Å². The number of hydrogen-bond donors (Lipinski definition) is 0. The lowest BCUT2D eigenvalue weighted by atomic mass is 9.80. The Bertz CT molecular complexity index is 3390. The van der Waals surface area contributed by atoms with Gasteiger partial charge in [0.1, 0.15) is 11.2 Å². The fourth-order valence-corrected chi connectivity index (χ4v) is 11.1. The Morgan fingerprint density at radius 2 is 1.00 bits per heavy atom. The molecule has 0 radical (unpaired) electrons. The number of furan rings is 1. The zero-order valence-corrected chi connectivity index (χ0v) is 35.7. The Morgan fingerprint density at radius 1 is 0.444 bits per heavy atom. The van der Waals surface area contributed by atoms with Crippen molar-refractivity contribution in [3.8, 4) is 33.4 Å². The Hall–Kier alpha value is -7.16. The second-order valence-electron chi connectivity index (χ2n) is 17.8. The van der Waals surface area contributed by atoms with Gasteiger partial charge < -0.3 is 9.32 Å². The van der Waals surface area contributed by atoms with Crippen molar-refractivity contribution in [2.24, 2.45) is 5.92 Å². The number of rotatable bonds is 7. The van der Waals surface area contributed by atoms with Gasteiger partial charge in [0, 0.05) is 27.5 Å². The van der Waals surface area contributed by atoms with Crippen molar-refractivity contribution in [2.75, 3.05) is 4.90 Å². The second-order valence-corrected chi connectivity index (χ2v) is 17.8. The van der Waals surface area contributed by atoms with Gasteiger partial charge in [-0.1, -0.05) is 190 Å². The fraction of sp³-hybridized carbons (Fsp3) is 0.148. The first-order chi connectivity index (χ1) is 31.2. The molecule has 1 saturated carbocycles. The molecular weight excluding hydrogens is 763 g/mol. The molecule has 0 saturated heterocycles. The van der Waals surface area contributed by atoms with E-state index in [0.29, 0.717) is 11.8 Å². The highest BCUT2D eigenvalue weighted by Gasteiger charge is 2.27. The standard InChI is InChI=1S/C61H49NO/c1-40-35-36-42-37-38-47-45(26-15-27-46(47)54(42)39-40)48-21-5-9-30-55(48)62(57-32-11-7-23-50(57)52-29-16-34-59-61(52)53-24-8-12-33-58(53)63-59)56-31-10-6-22-49(56)51-28-14-20-43-19-13-25-44(60(43)51)41-17-3-2-4-18-41/h5-16,19-38,40-41H,2-4,17-18,39H2,1H3. The maximum Gasteiger partial charge on any atom is 0.136 e. The number of nitrogens with zero attached hydrogens (tertiary/aromatic N) is 1. The molecule has 2 heteroatoms. The van der Waals surface area contributed by atoms with E-state index in [1.54, 1.807) is 0 Å². The predicted octanol–water partition coefficient (Wildman–Crippen LogP) is 17.6. The molecule has 2 aliphatic rings. The van der Waals surface area contributed by atoms with Crippen molar-refractivity contribution in [3.63, 3.8) is 0 Å². The molecule has 2 nitrogen and oxygen atoms in total. The van der Waals surface area contributed by atoms with E-state index in [1.165, 1.54) is 92.6 Å². The highest BCUT2D eigenvalue weighted by molar-refractivity contribution is 6.15. The molecule has 304 valence electrons. The summed E-state index contributed by atoms with van der Waals surface area (Å²) in [5, 5.41) is 7.58. The summed E-state index contributed by atoms with van der Waals surface area (Å²) < 4.78 is 6.51. The fourth-order valence-electron chi connectivity index (χ4n) is 11.1. The van der Waals surface area contributed by atoms with E-state index < -0.39 is 0 Å². The van der Waals surface area contributed by atoms with Crippen molar-refractivity contribution in [3.05, 3.63) is 205 Å². The van der Waals surface area contributed by atoms with Crippen LogP contribution in [0.4, 0.5) is 17.1 Å². The SMILES string of the molecule is CC1C=Cc2ccc3c(-c4ccccc4N(c4ccccc4-c4cccc5cccc(C6CCCCC6)c45)c4ccccc4-c4cccc5oc6ccccc6c45)cccc3c2C1. The molecule has 1 unspecified atom stereocenters. The van der Waals surface area contributed by atoms with Gasteiger partial charge in [0.25, 0.3) is 0 Å². The van der Waals surface area contributed by atoms with Gasteiger partial charge in [-0.25, -0.2) is 0 Å². The summed E-state index contributed by atoms with van der Waals surface area (Å²) in [4.78, 5) is 2.56. The smallest absolute Gasteiger partial charge is 0.136 e. The van der Waals surface area contributed by atoms with Crippen molar-refractivity contribution < 1.29 is 4.42 Å². The lowest BCUT2D eigenvalue weighted by molar-refractivity contribution is 0.445. The molecular formula is C61H49NO. The molecule has 1 heterocycles. The largest absolute Gasteiger partial charge is 0.456 e. The number of hydrogen-bond acceptors (Lipinski definition) is 2. The van der Waals surface area contributed by atoms with Gasteiger partial charge in [0.2, 0.25) is 0 Å². The average Bonchev–Trinajstić information content (AvgIpc) is 3.73. The van der Waals surface area contributed by atoms with Crippen LogP contribution in [0.3, 0.4) is 0 Å². The van der Waals surface area contributed by atoms with E-state index in [9.17, 15) is 0 Å². The zero-order valence-electron chi connectivity index (χ0n) is 35.7. The lowest BCUT2D eigenvalue weighted by Gasteiger charge is -2.32. The third-order valence-electron chi connectivity index (χ3n) is 14.0. The van der Waals surface area contributed by atoms with E-state index in [4.69, 9.17) is 4.42 Å². The molecule has 2 aliphatic carbocycles. The van der Waals surface area contributed by atoms with Crippen molar-refractivity contribution in [2.45, 2.75) is 51.4 Å². The number of fused-ring (bicyclic) bond motifs is 7. The molecule has 12 rings (SSSR count). The van der Waals surface area contributed by atoms with Gasteiger partial charge >= 0.3 is 0 Å². The summed E-state index contributed by atoms with van der Waals surface area (Å²) >= 11 is 0. The Morgan fingerprint density at radius 3 is 1.75 bits per heavy atom. The molecule has 9 aromatic carbocycles. The minimum absolute atomic E-state index is 0.507. The van der Waals surface area contributed by atoms with Crippen LogP contribution in [-0.2, 0) is 6.42 Å². The Kier molecular flexibility index (Phi) is 9.33. The van der Waals surface area contributed by atoms with Crippen LogP contribution in [0.5, 0.6) is 0 Å².